The smallest absolute Gasteiger partial charge is 0.254 e. The highest BCUT2D eigenvalue weighted by atomic mass is 19.1. The van der Waals surface area contributed by atoms with Crippen LogP contribution in [0.4, 0.5) is 4.39 Å². The maximum absolute atomic E-state index is 13.9. The Morgan fingerprint density at radius 2 is 1.97 bits per heavy atom. The maximum atomic E-state index is 13.9. The summed E-state index contributed by atoms with van der Waals surface area (Å²) in [6, 6.07) is 9.67. The molecule has 2 aromatic rings. The minimum absolute atomic E-state index is 0.0770. The van der Waals surface area contributed by atoms with Gasteiger partial charge in [-0.25, -0.2) is 4.39 Å². The Kier molecular flexibility index (Phi) is 4.90. The number of piperidine rings is 1. The average molecular weight is 408 g/mol. The average Bonchev–Trinajstić information content (AvgIpc) is 2.73. The Balaban J connectivity index is 1.74. The molecule has 154 valence electrons. The van der Waals surface area contributed by atoms with Crippen molar-refractivity contribution in [1.82, 2.24) is 14.4 Å². The molecule has 3 heterocycles. The van der Waals surface area contributed by atoms with Crippen molar-refractivity contribution in [3.63, 3.8) is 0 Å². The number of nitriles is 1. The number of carbonyl (C=O) groups is 2. The van der Waals surface area contributed by atoms with Crippen LogP contribution in [0.25, 0.3) is 0 Å². The summed E-state index contributed by atoms with van der Waals surface area (Å²) in [5.41, 5.74) is 0.681. The lowest BCUT2D eigenvalue weighted by Crippen LogP contribution is -2.54. The first-order valence-electron chi connectivity index (χ1n) is 9.72. The molecule has 0 unspecified atom stereocenters. The van der Waals surface area contributed by atoms with E-state index in [4.69, 9.17) is 5.26 Å². The second-order valence-corrected chi connectivity index (χ2v) is 8.08. The zero-order valence-electron chi connectivity index (χ0n) is 16.7. The fourth-order valence-electron chi connectivity index (χ4n) is 4.64. The fourth-order valence-corrected chi connectivity index (χ4v) is 4.64. The zero-order chi connectivity index (χ0) is 21.6. The standard InChI is InChI=1S/C22H21FN4O3/c1-25(2)22(30)20-16-8-15(18-4-3-5-19(28)27(18)20)11-26(12-16)21(29)14-6-13(10-24)7-17(23)9-14/h3-7,9,15-16,20H,8,11-12H2,1-2H3/t15-,16+,20-/m1/s1. The van der Waals surface area contributed by atoms with Gasteiger partial charge in [-0.15, -0.1) is 0 Å². The minimum atomic E-state index is -0.697. The lowest BCUT2D eigenvalue weighted by atomic mass is 9.77. The molecule has 0 radical (unpaired) electrons. The van der Waals surface area contributed by atoms with Gasteiger partial charge in [0.25, 0.3) is 11.5 Å². The fraction of sp³-hybridized carbons (Fsp3) is 0.364. The molecule has 0 N–H and O–H groups in total. The summed E-state index contributed by atoms with van der Waals surface area (Å²) in [6.45, 7) is 0.638. The first-order chi connectivity index (χ1) is 14.3. The summed E-state index contributed by atoms with van der Waals surface area (Å²) in [5, 5.41) is 9.08. The summed E-state index contributed by atoms with van der Waals surface area (Å²) in [6.07, 6.45) is 0.685. The van der Waals surface area contributed by atoms with E-state index in [0.717, 1.165) is 17.8 Å². The number of aromatic nitrogens is 1. The lowest BCUT2D eigenvalue weighted by molar-refractivity contribution is -0.135. The molecule has 8 heteroatoms. The third kappa shape index (κ3) is 3.26. The van der Waals surface area contributed by atoms with E-state index in [1.165, 1.54) is 17.0 Å². The third-order valence-electron chi connectivity index (χ3n) is 5.90. The van der Waals surface area contributed by atoms with Crippen molar-refractivity contribution < 1.29 is 14.0 Å². The van der Waals surface area contributed by atoms with Crippen LogP contribution < -0.4 is 5.56 Å². The van der Waals surface area contributed by atoms with Crippen molar-refractivity contribution in [3.05, 3.63) is 69.4 Å². The van der Waals surface area contributed by atoms with Gasteiger partial charge in [-0.05, 0) is 30.7 Å². The van der Waals surface area contributed by atoms with E-state index in [1.807, 2.05) is 12.1 Å². The van der Waals surface area contributed by atoms with Gasteiger partial charge in [0.1, 0.15) is 11.9 Å². The van der Waals surface area contributed by atoms with Crippen LogP contribution in [0.15, 0.2) is 41.2 Å². The number of benzene rings is 1. The van der Waals surface area contributed by atoms with Crippen LogP contribution in [0.3, 0.4) is 0 Å². The van der Waals surface area contributed by atoms with Crippen molar-refractivity contribution in [1.29, 1.82) is 5.26 Å². The van der Waals surface area contributed by atoms with E-state index in [1.54, 1.807) is 29.6 Å². The number of carbonyl (C=O) groups excluding carboxylic acids is 2. The first kappa shape index (κ1) is 19.8. The molecular weight excluding hydrogens is 387 g/mol. The van der Waals surface area contributed by atoms with Crippen LogP contribution in [-0.4, -0.2) is 53.4 Å². The molecule has 0 saturated carbocycles. The zero-order valence-corrected chi connectivity index (χ0v) is 16.7. The largest absolute Gasteiger partial charge is 0.347 e. The predicted molar refractivity (Wildman–Crippen MR) is 106 cm³/mol. The first-order valence-corrected chi connectivity index (χ1v) is 9.72. The Bertz CT molecular complexity index is 1130. The number of halogens is 1. The summed E-state index contributed by atoms with van der Waals surface area (Å²) in [5.74, 6) is -1.56. The van der Waals surface area contributed by atoms with Crippen molar-refractivity contribution in [2.24, 2.45) is 5.92 Å². The molecule has 2 aliphatic rings. The third-order valence-corrected chi connectivity index (χ3v) is 5.90. The molecule has 4 rings (SSSR count). The monoisotopic (exact) mass is 408 g/mol. The van der Waals surface area contributed by atoms with Crippen molar-refractivity contribution in [2.45, 2.75) is 18.4 Å². The number of fused-ring (bicyclic) bond motifs is 4. The quantitative estimate of drug-likeness (QED) is 0.758. The Hall–Kier alpha value is -3.47. The number of amides is 2. The highest BCUT2D eigenvalue weighted by Gasteiger charge is 2.45. The van der Waals surface area contributed by atoms with Gasteiger partial charge in [0.2, 0.25) is 5.91 Å². The molecular formula is C22H21FN4O3. The Morgan fingerprint density at radius 3 is 2.67 bits per heavy atom. The van der Waals surface area contributed by atoms with E-state index in [9.17, 15) is 18.8 Å². The summed E-state index contributed by atoms with van der Waals surface area (Å²) in [4.78, 5) is 41.8. The van der Waals surface area contributed by atoms with Gasteiger partial charge >= 0.3 is 0 Å². The number of hydrogen-bond donors (Lipinski definition) is 0. The summed E-state index contributed by atoms with van der Waals surface area (Å²) in [7, 11) is 3.29. The summed E-state index contributed by atoms with van der Waals surface area (Å²) < 4.78 is 15.4. The van der Waals surface area contributed by atoms with E-state index in [2.05, 4.69) is 0 Å². The number of likely N-dealkylation sites (N-methyl/N-ethyl adjacent to an activating group) is 1. The van der Waals surface area contributed by atoms with E-state index in [-0.39, 0.29) is 46.9 Å². The lowest BCUT2D eigenvalue weighted by Gasteiger charge is -2.46. The Morgan fingerprint density at radius 1 is 1.20 bits per heavy atom. The maximum Gasteiger partial charge on any atom is 0.254 e. The molecule has 7 nitrogen and oxygen atoms in total. The number of pyridine rings is 1. The van der Waals surface area contributed by atoms with Gasteiger partial charge in [-0.2, -0.15) is 5.26 Å². The topological polar surface area (TPSA) is 86.4 Å². The van der Waals surface area contributed by atoms with Gasteiger partial charge in [0.15, 0.2) is 0 Å². The van der Waals surface area contributed by atoms with E-state index < -0.39 is 11.9 Å². The highest BCUT2D eigenvalue weighted by Crippen LogP contribution is 2.42. The predicted octanol–water partition coefficient (Wildman–Crippen LogP) is 1.75. The number of hydrogen-bond acceptors (Lipinski definition) is 4. The number of likely N-dealkylation sites (tertiary alicyclic amines) is 1. The van der Waals surface area contributed by atoms with Gasteiger partial charge in [0.05, 0.1) is 11.6 Å². The SMILES string of the molecule is CN(C)C(=O)[C@H]1[C@H]2C[C@H](CN(C(=O)c3cc(F)cc(C#N)c3)C2)c2cccc(=O)n21. The molecule has 1 saturated heterocycles. The molecule has 1 aromatic heterocycles. The van der Waals surface area contributed by atoms with Gasteiger partial charge in [-0.1, -0.05) is 6.07 Å². The highest BCUT2D eigenvalue weighted by molar-refractivity contribution is 5.95. The molecule has 1 aromatic carbocycles. The van der Waals surface area contributed by atoms with Gasteiger partial charge in [0, 0.05) is 56.3 Å². The Labute approximate surface area is 172 Å². The normalized spacial score (nSPS) is 22.1. The second kappa shape index (κ2) is 7.41. The molecule has 0 spiro atoms. The van der Waals surface area contributed by atoms with Gasteiger partial charge in [-0.3, -0.25) is 19.0 Å². The van der Waals surface area contributed by atoms with Crippen LogP contribution in [-0.2, 0) is 4.79 Å². The summed E-state index contributed by atoms with van der Waals surface area (Å²) >= 11 is 0. The second-order valence-electron chi connectivity index (χ2n) is 8.08. The van der Waals surface area contributed by atoms with Crippen molar-refractivity contribution in [3.8, 4) is 6.07 Å². The van der Waals surface area contributed by atoms with E-state index in [0.29, 0.717) is 13.0 Å². The molecule has 0 aliphatic carbocycles. The van der Waals surface area contributed by atoms with Crippen LogP contribution in [0.5, 0.6) is 0 Å². The van der Waals surface area contributed by atoms with Crippen molar-refractivity contribution in [2.75, 3.05) is 27.2 Å². The molecule has 1 fully saturated rings. The van der Waals surface area contributed by atoms with Crippen LogP contribution in [0.2, 0.25) is 0 Å². The molecule has 2 amide bonds. The number of nitrogens with zero attached hydrogens (tertiary/aromatic N) is 4. The molecule has 30 heavy (non-hydrogen) atoms. The molecule has 3 atom stereocenters. The van der Waals surface area contributed by atoms with Crippen LogP contribution in [0.1, 0.15) is 40.0 Å². The minimum Gasteiger partial charge on any atom is -0.347 e. The van der Waals surface area contributed by atoms with Crippen LogP contribution >= 0.6 is 0 Å². The molecule has 2 bridgehead atoms. The van der Waals surface area contributed by atoms with Gasteiger partial charge < -0.3 is 9.80 Å². The van der Waals surface area contributed by atoms with Crippen LogP contribution in [0, 0.1) is 23.1 Å². The number of rotatable bonds is 2. The molecule has 2 aliphatic heterocycles. The van der Waals surface area contributed by atoms with Crippen molar-refractivity contribution >= 4 is 11.8 Å². The van der Waals surface area contributed by atoms with E-state index >= 15 is 0 Å².